The molecule has 1 aliphatic heterocycles. The highest BCUT2D eigenvalue weighted by Gasteiger charge is 2.60. The standard InChI is InChI=1S/C23H30N2/c1-14-12-18-19(13-15(14)2)25-23(7)20(24-18)21(3,4)16-10-8-9-11-17(16)22(23,5)6/h8-13,20,24-25H,1-7H3. The second kappa shape index (κ2) is 4.81. The average Bonchev–Trinajstić information content (AvgIpc) is 2.54. The van der Waals surface area contributed by atoms with Crippen molar-refractivity contribution in [3.8, 4) is 0 Å². The summed E-state index contributed by atoms with van der Waals surface area (Å²) in [5, 5.41) is 7.90. The molecule has 2 unspecified atom stereocenters. The van der Waals surface area contributed by atoms with E-state index in [1.165, 1.54) is 33.6 Å². The summed E-state index contributed by atoms with van der Waals surface area (Å²) in [6.07, 6.45) is 0. The van der Waals surface area contributed by atoms with Crippen LogP contribution in [0.2, 0.25) is 0 Å². The van der Waals surface area contributed by atoms with E-state index in [0.717, 1.165) is 0 Å². The molecule has 4 rings (SSSR count). The summed E-state index contributed by atoms with van der Waals surface area (Å²) < 4.78 is 0. The highest BCUT2D eigenvalue weighted by molar-refractivity contribution is 5.77. The molecule has 2 atom stereocenters. The zero-order valence-corrected chi connectivity index (χ0v) is 16.5. The maximum atomic E-state index is 3.97. The molecule has 0 fully saturated rings. The molecule has 0 saturated carbocycles. The molecule has 1 heterocycles. The fourth-order valence-electron chi connectivity index (χ4n) is 5.14. The largest absolute Gasteiger partial charge is 0.377 e. The van der Waals surface area contributed by atoms with Crippen molar-refractivity contribution >= 4 is 11.4 Å². The summed E-state index contributed by atoms with van der Waals surface area (Å²) in [4.78, 5) is 0. The van der Waals surface area contributed by atoms with Gasteiger partial charge in [0, 0.05) is 10.8 Å². The van der Waals surface area contributed by atoms with Gasteiger partial charge in [-0.2, -0.15) is 0 Å². The van der Waals surface area contributed by atoms with Gasteiger partial charge in [0.25, 0.3) is 0 Å². The molecule has 0 spiro atoms. The summed E-state index contributed by atoms with van der Waals surface area (Å²) >= 11 is 0. The van der Waals surface area contributed by atoms with E-state index < -0.39 is 0 Å². The minimum Gasteiger partial charge on any atom is -0.377 e. The number of nitrogens with one attached hydrogen (secondary N) is 2. The molecular weight excluding hydrogens is 304 g/mol. The first-order valence-electron chi connectivity index (χ1n) is 9.35. The molecule has 0 bridgehead atoms. The van der Waals surface area contributed by atoms with Crippen LogP contribution in [0, 0.1) is 13.8 Å². The average molecular weight is 335 g/mol. The monoisotopic (exact) mass is 334 g/mol. The van der Waals surface area contributed by atoms with Gasteiger partial charge in [-0.1, -0.05) is 52.0 Å². The number of hydrogen-bond donors (Lipinski definition) is 2. The van der Waals surface area contributed by atoms with Gasteiger partial charge in [0.1, 0.15) is 0 Å². The quantitative estimate of drug-likeness (QED) is 0.661. The first kappa shape index (κ1) is 16.5. The fraction of sp³-hybridized carbons (Fsp3) is 0.478. The zero-order valence-electron chi connectivity index (χ0n) is 16.5. The Morgan fingerprint density at radius 3 is 2.00 bits per heavy atom. The molecule has 0 aromatic heterocycles. The van der Waals surface area contributed by atoms with Crippen LogP contribution in [0.1, 0.15) is 56.9 Å². The smallest absolute Gasteiger partial charge is 0.0646 e. The van der Waals surface area contributed by atoms with Gasteiger partial charge in [-0.15, -0.1) is 0 Å². The number of benzene rings is 2. The van der Waals surface area contributed by atoms with Crippen molar-refractivity contribution in [1.29, 1.82) is 0 Å². The number of aryl methyl sites for hydroxylation is 2. The number of anilines is 2. The molecule has 25 heavy (non-hydrogen) atoms. The van der Waals surface area contributed by atoms with Crippen LogP contribution in [-0.4, -0.2) is 11.6 Å². The van der Waals surface area contributed by atoms with Crippen molar-refractivity contribution in [1.82, 2.24) is 0 Å². The molecule has 0 saturated heterocycles. The second-order valence-corrected chi connectivity index (χ2v) is 9.28. The Bertz CT molecular complexity index is 862. The van der Waals surface area contributed by atoms with E-state index in [2.05, 4.69) is 95.5 Å². The van der Waals surface area contributed by atoms with Gasteiger partial charge in [0.15, 0.2) is 0 Å². The summed E-state index contributed by atoms with van der Waals surface area (Å²) in [5.41, 5.74) is 8.01. The van der Waals surface area contributed by atoms with Gasteiger partial charge in [-0.05, 0) is 55.2 Å². The molecule has 132 valence electrons. The van der Waals surface area contributed by atoms with Crippen molar-refractivity contribution in [2.45, 2.75) is 70.9 Å². The van der Waals surface area contributed by atoms with Gasteiger partial charge in [0.2, 0.25) is 0 Å². The lowest BCUT2D eigenvalue weighted by molar-refractivity contribution is 0.181. The molecule has 1 aliphatic carbocycles. The van der Waals surface area contributed by atoms with Gasteiger partial charge in [0.05, 0.1) is 23.0 Å². The third-order valence-corrected chi connectivity index (χ3v) is 7.22. The minimum atomic E-state index is -0.0838. The van der Waals surface area contributed by atoms with Crippen molar-refractivity contribution in [2.75, 3.05) is 10.6 Å². The summed E-state index contributed by atoms with van der Waals surface area (Å²) in [7, 11) is 0. The SMILES string of the molecule is Cc1cc2c(cc1C)NC1(C)C(N2)C(C)(C)c2ccccc2C1(C)C. The Labute approximate surface area is 152 Å². The Balaban J connectivity index is 1.97. The second-order valence-electron chi connectivity index (χ2n) is 9.28. The summed E-state index contributed by atoms with van der Waals surface area (Å²) in [6, 6.07) is 13.9. The predicted octanol–water partition coefficient (Wildman–Crippen LogP) is 5.54. The van der Waals surface area contributed by atoms with E-state index in [0.29, 0.717) is 6.04 Å². The van der Waals surface area contributed by atoms with Gasteiger partial charge < -0.3 is 10.6 Å². The van der Waals surface area contributed by atoms with Crippen molar-refractivity contribution in [2.24, 2.45) is 0 Å². The number of hydrogen-bond acceptors (Lipinski definition) is 2. The van der Waals surface area contributed by atoms with Crippen LogP contribution in [0.15, 0.2) is 36.4 Å². The molecule has 0 radical (unpaired) electrons. The van der Waals surface area contributed by atoms with E-state index >= 15 is 0 Å². The fourth-order valence-corrected chi connectivity index (χ4v) is 5.14. The van der Waals surface area contributed by atoms with E-state index in [1.807, 2.05) is 0 Å². The maximum absolute atomic E-state index is 3.97. The van der Waals surface area contributed by atoms with Crippen LogP contribution in [0.4, 0.5) is 11.4 Å². The lowest BCUT2D eigenvalue weighted by Gasteiger charge is -2.62. The van der Waals surface area contributed by atoms with Crippen LogP contribution in [0.5, 0.6) is 0 Å². The minimum absolute atomic E-state index is 0.00720. The van der Waals surface area contributed by atoms with Crippen molar-refractivity contribution in [3.63, 3.8) is 0 Å². The lowest BCUT2D eigenvalue weighted by atomic mass is 9.51. The topological polar surface area (TPSA) is 24.1 Å². The molecule has 2 heteroatoms. The van der Waals surface area contributed by atoms with Gasteiger partial charge in [-0.3, -0.25) is 0 Å². The van der Waals surface area contributed by atoms with Crippen LogP contribution in [0.25, 0.3) is 0 Å². The third kappa shape index (κ3) is 1.97. The van der Waals surface area contributed by atoms with Gasteiger partial charge in [-0.25, -0.2) is 0 Å². The Morgan fingerprint density at radius 2 is 1.36 bits per heavy atom. The van der Waals surface area contributed by atoms with Gasteiger partial charge >= 0.3 is 0 Å². The summed E-state index contributed by atoms with van der Waals surface area (Å²) in [5.74, 6) is 0. The first-order chi connectivity index (χ1) is 11.6. The Kier molecular flexibility index (Phi) is 3.18. The number of fused-ring (bicyclic) bond motifs is 3. The van der Waals surface area contributed by atoms with Crippen LogP contribution < -0.4 is 10.6 Å². The normalized spacial score (nSPS) is 28.0. The van der Waals surface area contributed by atoms with Crippen molar-refractivity contribution < 1.29 is 0 Å². The third-order valence-electron chi connectivity index (χ3n) is 7.22. The highest BCUT2D eigenvalue weighted by atomic mass is 15.2. The molecule has 2 aliphatic rings. The van der Waals surface area contributed by atoms with E-state index in [9.17, 15) is 0 Å². The highest BCUT2D eigenvalue weighted by Crippen LogP contribution is 2.55. The summed E-state index contributed by atoms with van der Waals surface area (Å²) in [6.45, 7) is 16.3. The van der Waals surface area contributed by atoms with E-state index in [1.54, 1.807) is 0 Å². The van der Waals surface area contributed by atoms with E-state index in [-0.39, 0.29) is 16.4 Å². The lowest BCUT2D eigenvalue weighted by Crippen LogP contribution is -2.71. The van der Waals surface area contributed by atoms with E-state index in [4.69, 9.17) is 0 Å². The van der Waals surface area contributed by atoms with Crippen molar-refractivity contribution in [3.05, 3.63) is 58.7 Å². The molecule has 0 amide bonds. The first-order valence-corrected chi connectivity index (χ1v) is 9.35. The molecule has 2 aromatic carbocycles. The Morgan fingerprint density at radius 1 is 0.800 bits per heavy atom. The number of rotatable bonds is 0. The molecule has 2 N–H and O–H groups in total. The maximum Gasteiger partial charge on any atom is 0.0646 e. The molecule has 2 aromatic rings. The predicted molar refractivity (Wildman–Crippen MR) is 108 cm³/mol. The zero-order chi connectivity index (χ0) is 18.2. The molecular formula is C23H30N2. The molecule has 2 nitrogen and oxygen atoms in total. The van der Waals surface area contributed by atoms with Crippen LogP contribution in [0.3, 0.4) is 0 Å². The van der Waals surface area contributed by atoms with Crippen LogP contribution in [-0.2, 0) is 10.8 Å². The van der Waals surface area contributed by atoms with Crippen LogP contribution >= 0.6 is 0 Å². The Hall–Kier alpha value is -1.96.